The summed E-state index contributed by atoms with van der Waals surface area (Å²) in [5.41, 5.74) is 4.08. The molecule has 4 rings (SSSR count). The molecular formula is C23H27BrN2O. The van der Waals surface area contributed by atoms with E-state index in [1.807, 2.05) is 0 Å². The Morgan fingerprint density at radius 3 is 2.56 bits per heavy atom. The summed E-state index contributed by atoms with van der Waals surface area (Å²) in [6.07, 6.45) is 3.97. The van der Waals surface area contributed by atoms with Gasteiger partial charge >= 0.3 is 0 Å². The van der Waals surface area contributed by atoms with Gasteiger partial charge in [-0.1, -0.05) is 52.3 Å². The second-order valence-corrected chi connectivity index (χ2v) is 8.80. The third-order valence-corrected chi connectivity index (χ3v) is 6.44. The molecule has 4 heteroatoms. The molecule has 0 atom stereocenters. The number of piperidine rings is 1. The Labute approximate surface area is 170 Å². The van der Waals surface area contributed by atoms with Gasteiger partial charge in [0.1, 0.15) is 0 Å². The number of carbonyl (C=O) groups excluding carboxylic acids is 1. The Morgan fingerprint density at radius 2 is 1.78 bits per heavy atom. The topological polar surface area (TPSA) is 23.6 Å². The number of nitrogens with zero attached hydrogens (tertiary/aromatic N) is 2. The van der Waals surface area contributed by atoms with Gasteiger partial charge in [0.2, 0.25) is 5.91 Å². The molecule has 2 heterocycles. The summed E-state index contributed by atoms with van der Waals surface area (Å²) in [5.74, 6) is 0.878. The summed E-state index contributed by atoms with van der Waals surface area (Å²) in [7, 11) is 0. The number of fused-ring (bicyclic) bond motifs is 1. The van der Waals surface area contributed by atoms with Crippen molar-refractivity contribution in [1.82, 2.24) is 9.80 Å². The van der Waals surface area contributed by atoms with E-state index in [-0.39, 0.29) is 0 Å². The first-order valence-electron chi connectivity index (χ1n) is 9.99. The standard InChI is InChI=1S/C23H27BrN2O/c24-22-7-3-4-19(14-22)16-25-11-8-18(9-12-25)15-23(27)26-13-10-20-5-1-2-6-21(20)17-26/h1-7,14,18H,8-13,15-17H2. The molecule has 2 aromatic carbocycles. The Hall–Kier alpha value is -1.65. The number of amides is 1. The zero-order chi connectivity index (χ0) is 18.6. The van der Waals surface area contributed by atoms with Crippen molar-refractivity contribution in [3.8, 4) is 0 Å². The molecule has 0 bridgehead atoms. The maximum Gasteiger partial charge on any atom is 0.223 e. The Kier molecular flexibility index (Phi) is 5.94. The summed E-state index contributed by atoms with van der Waals surface area (Å²) >= 11 is 3.55. The molecule has 0 spiro atoms. The molecular weight excluding hydrogens is 400 g/mol. The first kappa shape index (κ1) is 18.7. The molecule has 3 nitrogen and oxygen atoms in total. The van der Waals surface area contributed by atoms with Crippen molar-refractivity contribution in [3.05, 3.63) is 69.7 Å². The van der Waals surface area contributed by atoms with Crippen LogP contribution in [0.4, 0.5) is 0 Å². The van der Waals surface area contributed by atoms with E-state index in [9.17, 15) is 4.79 Å². The van der Waals surface area contributed by atoms with Gasteiger partial charge in [0.25, 0.3) is 0 Å². The largest absolute Gasteiger partial charge is 0.338 e. The molecule has 2 aliphatic heterocycles. The Bertz CT molecular complexity index is 798. The van der Waals surface area contributed by atoms with Crippen LogP contribution in [-0.4, -0.2) is 35.3 Å². The highest BCUT2D eigenvalue weighted by atomic mass is 79.9. The monoisotopic (exact) mass is 426 g/mol. The van der Waals surface area contributed by atoms with E-state index in [1.54, 1.807) is 0 Å². The minimum atomic E-state index is 0.343. The molecule has 0 saturated carbocycles. The quantitative estimate of drug-likeness (QED) is 0.710. The van der Waals surface area contributed by atoms with Gasteiger partial charge in [-0.25, -0.2) is 0 Å². The zero-order valence-electron chi connectivity index (χ0n) is 15.7. The summed E-state index contributed by atoms with van der Waals surface area (Å²) in [6, 6.07) is 17.1. The number of rotatable bonds is 4. The lowest BCUT2D eigenvalue weighted by Gasteiger charge is -2.34. The summed E-state index contributed by atoms with van der Waals surface area (Å²) < 4.78 is 1.14. The van der Waals surface area contributed by atoms with Crippen LogP contribution in [0.5, 0.6) is 0 Å². The lowest BCUT2D eigenvalue weighted by molar-refractivity contribution is -0.133. The molecule has 1 fully saturated rings. The van der Waals surface area contributed by atoms with Crippen LogP contribution in [0.3, 0.4) is 0 Å². The molecule has 0 radical (unpaired) electrons. The third kappa shape index (κ3) is 4.80. The van der Waals surface area contributed by atoms with Crippen LogP contribution in [0.1, 0.15) is 36.0 Å². The molecule has 0 aromatic heterocycles. The van der Waals surface area contributed by atoms with Gasteiger partial charge in [-0.15, -0.1) is 0 Å². The third-order valence-electron chi connectivity index (χ3n) is 5.95. The molecule has 2 aromatic rings. The van der Waals surface area contributed by atoms with Crippen molar-refractivity contribution in [1.29, 1.82) is 0 Å². The van der Waals surface area contributed by atoms with Crippen LogP contribution in [0.25, 0.3) is 0 Å². The molecule has 0 N–H and O–H groups in total. The van der Waals surface area contributed by atoms with E-state index in [4.69, 9.17) is 0 Å². The molecule has 0 aliphatic carbocycles. The summed E-state index contributed by atoms with van der Waals surface area (Å²) in [5, 5.41) is 0. The van der Waals surface area contributed by atoms with Crippen molar-refractivity contribution in [3.63, 3.8) is 0 Å². The van der Waals surface area contributed by atoms with E-state index in [0.29, 0.717) is 18.2 Å². The van der Waals surface area contributed by atoms with Crippen LogP contribution < -0.4 is 0 Å². The van der Waals surface area contributed by atoms with Gasteiger partial charge in [0.15, 0.2) is 0 Å². The van der Waals surface area contributed by atoms with E-state index in [2.05, 4.69) is 74.3 Å². The van der Waals surface area contributed by atoms with E-state index in [0.717, 1.165) is 56.5 Å². The highest BCUT2D eigenvalue weighted by molar-refractivity contribution is 9.10. The second kappa shape index (κ2) is 8.57. The highest BCUT2D eigenvalue weighted by Crippen LogP contribution is 2.25. The number of carbonyl (C=O) groups is 1. The normalized spacial score (nSPS) is 18.3. The van der Waals surface area contributed by atoms with Crippen LogP contribution in [0.2, 0.25) is 0 Å². The average molecular weight is 427 g/mol. The predicted octanol–water partition coefficient (Wildman–Crippen LogP) is 4.64. The van der Waals surface area contributed by atoms with E-state index < -0.39 is 0 Å². The number of hydrogen-bond acceptors (Lipinski definition) is 2. The van der Waals surface area contributed by atoms with Gasteiger partial charge in [-0.05, 0) is 67.1 Å². The molecule has 1 saturated heterocycles. The summed E-state index contributed by atoms with van der Waals surface area (Å²) in [6.45, 7) is 4.85. The van der Waals surface area contributed by atoms with Crippen LogP contribution in [-0.2, 0) is 24.3 Å². The molecule has 2 aliphatic rings. The van der Waals surface area contributed by atoms with Gasteiger partial charge in [-0.3, -0.25) is 9.69 Å². The molecule has 142 valence electrons. The molecule has 27 heavy (non-hydrogen) atoms. The molecule has 1 amide bonds. The highest BCUT2D eigenvalue weighted by Gasteiger charge is 2.26. The SMILES string of the molecule is O=C(CC1CCN(Cc2cccc(Br)c2)CC1)N1CCc2ccccc2C1. The number of benzene rings is 2. The van der Waals surface area contributed by atoms with Gasteiger partial charge in [0, 0.05) is 30.5 Å². The van der Waals surface area contributed by atoms with Crippen molar-refractivity contribution >= 4 is 21.8 Å². The second-order valence-electron chi connectivity index (χ2n) is 7.89. The number of likely N-dealkylation sites (tertiary alicyclic amines) is 1. The minimum Gasteiger partial charge on any atom is -0.338 e. The van der Waals surface area contributed by atoms with Crippen molar-refractivity contribution in [2.75, 3.05) is 19.6 Å². The van der Waals surface area contributed by atoms with E-state index in [1.165, 1.54) is 16.7 Å². The van der Waals surface area contributed by atoms with Crippen LogP contribution >= 0.6 is 15.9 Å². The predicted molar refractivity (Wildman–Crippen MR) is 112 cm³/mol. The first-order valence-corrected chi connectivity index (χ1v) is 10.8. The fourth-order valence-corrected chi connectivity index (χ4v) is 4.77. The fourth-order valence-electron chi connectivity index (χ4n) is 4.33. The average Bonchev–Trinajstić information content (AvgIpc) is 2.69. The number of hydrogen-bond donors (Lipinski definition) is 0. The Morgan fingerprint density at radius 1 is 1.00 bits per heavy atom. The van der Waals surface area contributed by atoms with Gasteiger partial charge in [0.05, 0.1) is 0 Å². The zero-order valence-corrected chi connectivity index (χ0v) is 17.3. The minimum absolute atomic E-state index is 0.343. The van der Waals surface area contributed by atoms with Crippen LogP contribution in [0, 0.1) is 5.92 Å². The van der Waals surface area contributed by atoms with E-state index >= 15 is 0 Å². The summed E-state index contributed by atoms with van der Waals surface area (Å²) in [4.78, 5) is 17.4. The fraction of sp³-hybridized carbons (Fsp3) is 0.435. The maximum absolute atomic E-state index is 12.8. The van der Waals surface area contributed by atoms with Crippen molar-refractivity contribution in [2.45, 2.75) is 38.8 Å². The van der Waals surface area contributed by atoms with Crippen LogP contribution in [0.15, 0.2) is 53.0 Å². The van der Waals surface area contributed by atoms with Crippen molar-refractivity contribution in [2.24, 2.45) is 5.92 Å². The lowest BCUT2D eigenvalue weighted by atomic mass is 9.92. The smallest absolute Gasteiger partial charge is 0.223 e. The number of halogens is 1. The van der Waals surface area contributed by atoms with Crippen molar-refractivity contribution < 1.29 is 4.79 Å². The first-order chi connectivity index (χ1) is 13.2. The van der Waals surface area contributed by atoms with Gasteiger partial charge in [-0.2, -0.15) is 0 Å². The maximum atomic E-state index is 12.8. The molecule has 0 unspecified atom stereocenters. The van der Waals surface area contributed by atoms with Gasteiger partial charge < -0.3 is 4.90 Å². The Balaban J connectivity index is 1.25. The lowest BCUT2D eigenvalue weighted by Crippen LogP contribution is -2.39.